The van der Waals surface area contributed by atoms with Gasteiger partial charge in [-0.3, -0.25) is 4.90 Å². The average Bonchev–Trinajstić information content (AvgIpc) is 2.99. The van der Waals surface area contributed by atoms with Crippen LogP contribution < -0.4 is 10.2 Å². The van der Waals surface area contributed by atoms with Crippen LogP contribution in [-0.2, 0) is 13.0 Å². The van der Waals surface area contributed by atoms with Gasteiger partial charge in [-0.2, -0.15) is 0 Å². The van der Waals surface area contributed by atoms with Crippen molar-refractivity contribution in [3.05, 3.63) is 16.3 Å². The van der Waals surface area contributed by atoms with Crippen LogP contribution in [0.15, 0.2) is 0 Å². The lowest BCUT2D eigenvalue weighted by molar-refractivity contribution is 0.272. The van der Waals surface area contributed by atoms with Crippen molar-refractivity contribution in [1.82, 2.24) is 20.2 Å². The van der Waals surface area contributed by atoms with Gasteiger partial charge in [0.1, 0.15) is 16.5 Å². The molecule has 2 aliphatic rings. The van der Waals surface area contributed by atoms with Crippen molar-refractivity contribution in [3.63, 3.8) is 0 Å². The third-order valence-corrected chi connectivity index (χ3v) is 6.27. The van der Waals surface area contributed by atoms with E-state index in [1.54, 1.807) is 0 Å². The maximum Gasteiger partial charge on any atom is 0.141 e. The third kappa shape index (κ3) is 2.80. The number of piperazine rings is 1. The zero-order chi connectivity index (χ0) is 16.7. The predicted molar refractivity (Wildman–Crippen MR) is 101 cm³/mol. The van der Waals surface area contributed by atoms with Gasteiger partial charge < -0.3 is 10.2 Å². The van der Waals surface area contributed by atoms with E-state index in [4.69, 9.17) is 9.97 Å². The van der Waals surface area contributed by atoms with Crippen molar-refractivity contribution >= 4 is 27.4 Å². The van der Waals surface area contributed by atoms with E-state index in [1.165, 1.54) is 26.5 Å². The maximum absolute atomic E-state index is 5.02. The zero-order valence-corrected chi connectivity index (χ0v) is 15.7. The molecule has 6 heteroatoms. The van der Waals surface area contributed by atoms with Crippen LogP contribution in [0, 0.1) is 0 Å². The Morgan fingerprint density at radius 1 is 1.17 bits per heavy atom. The first kappa shape index (κ1) is 16.2. The number of nitrogens with zero attached hydrogens (tertiary/aromatic N) is 4. The summed E-state index contributed by atoms with van der Waals surface area (Å²) in [7, 11) is 0. The number of rotatable bonds is 3. The summed E-state index contributed by atoms with van der Waals surface area (Å²) in [6.45, 7) is 14.1. The fraction of sp³-hybridized carbons (Fsp3) is 0.667. The highest BCUT2D eigenvalue weighted by molar-refractivity contribution is 7.19. The van der Waals surface area contributed by atoms with Crippen molar-refractivity contribution in [3.8, 4) is 0 Å². The molecular weight excluding hydrogens is 318 g/mol. The highest BCUT2D eigenvalue weighted by atomic mass is 32.1. The molecule has 0 spiro atoms. The molecule has 4 heterocycles. The van der Waals surface area contributed by atoms with Gasteiger partial charge in [-0.25, -0.2) is 9.97 Å². The smallest absolute Gasteiger partial charge is 0.141 e. The summed E-state index contributed by atoms with van der Waals surface area (Å²) in [4.78, 5) is 17.7. The normalized spacial score (nSPS) is 19.2. The van der Waals surface area contributed by atoms with Crippen LogP contribution in [0.25, 0.3) is 10.2 Å². The Hall–Kier alpha value is -1.24. The lowest BCUT2D eigenvalue weighted by Gasteiger charge is -2.30. The first-order valence-corrected chi connectivity index (χ1v) is 9.99. The van der Waals surface area contributed by atoms with Gasteiger partial charge in [0.2, 0.25) is 0 Å². The van der Waals surface area contributed by atoms with Crippen LogP contribution in [0.2, 0.25) is 0 Å². The average molecular weight is 346 g/mol. The molecule has 0 aliphatic carbocycles. The molecule has 0 unspecified atom stereocenters. The van der Waals surface area contributed by atoms with Crippen LogP contribution in [0.4, 0.5) is 5.82 Å². The third-order valence-electron chi connectivity index (χ3n) is 5.16. The van der Waals surface area contributed by atoms with E-state index in [2.05, 4.69) is 35.9 Å². The second-order valence-electron chi connectivity index (χ2n) is 7.10. The summed E-state index contributed by atoms with van der Waals surface area (Å²) in [5, 5.41) is 4.79. The molecule has 0 radical (unpaired) electrons. The summed E-state index contributed by atoms with van der Waals surface area (Å²) in [6.07, 6.45) is 1.13. The summed E-state index contributed by atoms with van der Waals surface area (Å²) in [5.41, 5.74) is 1.52. The van der Waals surface area contributed by atoms with Gasteiger partial charge >= 0.3 is 0 Å². The monoisotopic (exact) mass is 345 g/mol. The Morgan fingerprint density at radius 2 is 1.96 bits per heavy atom. The van der Waals surface area contributed by atoms with Crippen molar-refractivity contribution in [2.45, 2.75) is 39.7 Å². The van der Waals surface area contributed by atoms with E-state index in [0.29, 0.717) is 5.92 Å². The fourth-order valence-electron chi connectivity index (χ4n) is 3.68. The minimum atomic E-state index is 0.363. The molecule has 0 atom stereocenters. The molecule has 2 aliphatic heterocycles. The number of nitrogens with one attached hydrogen (secondary N) is 1. The van der Waals surface area contributed by atoms with Crippen molar-refractivity contribution < 1.29 is 0 Å². The van der Waals surface area contributed by atoms with E-state index < -0.39 is 0 Å². The Balaban J connectivity index is 1.86. The number of hydrogen-bond acceptors (Lipinski definition) is 6. The zero-order valence-electron chi connectivity index (χ0n) is 14.9. The molecule has 0 bridgehead atoms. The Kier molecular flexibility index (Phi) is 4.45. The van der Waals surface area contributed by atoms with Crippen LogP contribution in [0.3, 0.4) is 0 Å². The Bertz CT molecular complexity index is 733. The maximum atomic E-state index is 5.02. The van der Waals surface area contributed by atoms with Gasteiger partial charge in [0.15, 0.2) is 0 Å². The van der Waals surface area contributed by atoms with Gasteiger partial charge in [0.25, 0.3) is 0 Å². The molecule has 130 valence electrons. The van der Waals surface area contributed by atoms with Crippen molar-refractivity contribution in [2.75, 3.05) is 44.2 Å². The fourth-order valence-corrected chi connectivity index (χ4v) is 4.94. The van der Waals surface area contributed by atoms with Crippen molar-refractivity contribution in [2.24, 2.45) is 0 Å². The molecule has 4 rings (SSSR count). The van der Waals surface area contributed by atoms with Crippen molar-refractivity contribution in [1.29, 1.82) is 0 Å². The van der Waals surface area contributed by atoms with Gasteiger partial charge in [-0.05, 0) is 18.5 Å². The van der Waals surface area contributed by atoms with Crippen LogP contribution in [0.1, 0.15) is 43.0 Å². The molecular formula is C18H27N5S. The number of likely N-dealkylation sites (N-methyl/N-ethyl adjacent to an activating group) is 1. The standard InChI is InChI=1S/C18H27N5S/c1-4-22-8-5-13-14(11-22)24-18-15(13)17(20-16(21-18)12(2)3)23-9-6-19-7-10-23/h12,19H,4-11H2,1-3H3. The lowest BCUT2D eigenvalue weighted by atomic mass is 10.0. The minimum Gasteiger partial charge on any atom is -0.353 e. The SMILES string of the molecule is CCN1CCc2c(sc3nc(C(C)C)nc(N4CCNCC4)c23)C1. The highest BCUT2D eigenvalue weighted by Gasteiger charge is 2.26. The summed E-state index contributed by atoms with van der Waals surface area (Å²) in [6, 6.07) is 0. The van der Waals surface area contributed by atoms with Gasteiger partial charge in [0, 0.05) is 50.1 Å². The molecule has 5 nitrogen and oxygen atoms in total. The Labute approximate surface area is 148 Å². The van der Waals surface area contributed by atoms with E-state index in [1.807, 2.05) is 11.3 Å². The first-order valence-electron chi connectivity index (χ1n) is 9.17. The van der Waals surface area contributed by atoms with E-state index in [0.717, 1.165) is 58.1 Å². The lowest BCUT2D eigenvalue weighted by Crippen LogP contribution is -2.44. The quantitative estimate of drug-likeness (QED) is 0.926. The van der Waals surface area contributed by atoms with Crippen LogP contribution in [0.5, 0.6) is 0 Å². The van der Waals surface area contributed by atoms with E-state index in [-0.39, 0.29) is 0 Å². The summed E-state index contributed by atoms with van der Waals surface area (Å²) < 4.78 is 0. The number of anilines is 1. The molecule has 1 fully saturated rings. The second kappa shape index (κ2) is 6.58. The van der Waals surface area contributed by atoms with Crippen LogP contribution >= 0.6 is 11.3 Å². The summed E-state index contributed by atoms with van der Waals surface area (Å²) >= 11 is 1.89. The molecule has 24 heavy (non-hydrogen) atoms. The molecule has 0 amide bonds. The molecule has 0 aromatic carbocycles. The molecule has 1 saturated heterocycles. The summed E-state index contributed by atoms with van der Waals surface area (Å²) in [5.74, 6) is 2.54. The molecule has 1 N–H and O–H groups in total. The van der Waals surface area contributed by atoms with Gasteiger partial charge in [-0.1, -0.05) is 20.8 Å². The molecule has 0 saturated carbocycles. The highest BCUT2D eigenvalue weighted by Crippen LogP contribution is 2.39. The van der Waals surface area contributed by atoms with Gasteiger partial charge in [-0.15, -0.1) is 11.3 Å². The molecule has 2 aromatic heterocycles. The minimum absolute atomic E-state index is 0.363. The largest absolute Gasteiger partial charge is 0.353 e. The molecule has 2 aromatic rings. The van der Waals surface area contributed by atoms with Gasteiger partial charge in [0.05, 0.1) is 5.39 Å². The first-order chi connectivity index (χ1) is 11.7. The van der Waals surface area contributed by atoms with E-state index in [9.17, 15) is 0 Å². The number of hydrogen-bond donors (Lipinski definition) is 1. The number of thiophene rings is 1. The van der Waals surface area contributed by atoms with E-state index >= 15 is 0 Å². The predicted octanol–water partition coefficient (Wildman–Crippen LogP) is 2.60. The second-order valence-corrected chi connectivity index (χ2v) is 8.18. The topological polar surface area (TPSA) is 44.3 Å². The van der Waals surface area contributed by atoms with Crippen LogP contribution in [-0.4, -0.2) is 54.1 Å². The number of aromatic nitrogens is 2. The Morgan fingerprint density at radius 3 is 2.67 bits per heavy atom. The number of fused-ring (bicyclic) bond motifs is 3.